The van der Waals surface area contributed by atoms with Gasteiger partial charge in [-0.3, -0.25) is 4.79 Å². The number of para-hydroxylation sites is 2. The second kappa shape index (κ2) is 8.33. The number of hydrogen-bond donors (Lipinski definition) is 2. The minimum absolute atomic E-state index is 0.0223. The molecule has 160 valence electrons. The van der Waals surface area contributed by atoms with Crippen LogP contribution in [0.1, 0.15) is 6.42 Å². The van der Waals surface area contributed by atoms with E-state index in [1.54, 1.807) is 7.11 Å². The molecule has 0 aliphatic carbocycles. The summed E-state index contributed by atoms with van der Waals surface area (Å²) in [4.78, 5) is 13.5. The molecule has 0 radical (unpaired) electrons. The number of carbonyl (C=O) groups is 1. The number of methoxy groups -OCH3 is 1. The van der Waals surface area contributed by atoms with Crippen molar-refractivity contribution in [3.05, 3.63) is 41.4 Å². The molecule has 30 heavy (non-hydrogen) atoms. The molecular weight excluding hydrogens is 430 g/mol. The van der Waals surface area contributed by atoms with Crippen LogP contribution >= 0.6 is 11.6 Å². The van der Waals surface area contributed by atoms with Crippen molar-refractivity contribution in [2.75, 3.05) is 43.6 Å². The van der Waals surface area contributed by atoms with Gasteiger partial charge in [0.05, 0.1) is 23.5 Å². The first-order valence-electron chi connectivity index (χ1n) is 9.51. The molecule has 0 aromatic heterocycles. The standard InChI is InChI=1S/C20H22ClN3O5S/c1-28-17-5-3-2-4-16(17)24-7-6-13(11-24)10-22-30(26,27)19-9-18-15(8-14(19)21)23-20(25)12-29-18/h2-5,8-9,13,22H,6-7,10-12H2,1H3,(H,23,25). The second-order valence-corrected chi connectivity index (χ2v) is 9.38. The third-order valence-electron chi connectivity index (χ3n) is 5.23. The Labute approximate surface area is 180 Å². The highest BCUT2D eigenvalue weighted by Crippen LogP contribution is 2.36. The maximum Gasteiger partial charge on any atom is 0.262 e. The van der Waals surface area contributed by atoms with Gasteiger partial charge in [0.2, 0.25) is 10.0 Å². The number of ether oxygens (including phenoxy) is 2. The molecule has 1 fully saturated rings. The molecule has 8 nitrogen and oxygen atoms in total. The van der Waals surface area contributed by atoms with Crippen molar-refractivity contribution in [2.45, 2.75) is 11.3 Å². The summed E-state index contributed by atoms with van der Waals surface area (Å²) in [5, 5.41) is 2.63. The number of nitrogens with one attached hydrogen (secondary N) is 2. The highest BCUT2D eigenvalue weighted by molar-refractivity contribution is 7.89. The van der Waals surface area contributed by atoms with Gasteiger partial charge in [0.15, 0.2) is 6.61 Å². The molecule has 2 aromatic carbocycles. The van der Waals surface area contributed by atoms with Gasteiger partial charge in [-0.1, -0.05) is 23.7 Å². The SMILES string of the molecule is COc1ccccc1N1CCC(CNS(=O)(=O)c2cc3c(cc2Cl)NC(=O)CO3)C1. The molecule has 4 rings (SSSR count). The molecule has 2 N–H and O–H groups in total. The smallest absolute Gasteiger partial charge is 0.262 e. The van der Waals surface area contributed by atoms with Crippen LogP contribution in [0.3, 0.4) is 0 Å². The van der Waals surface area contributed by atoms with E-state index in [0.717, 1.165) is 30.9 Å². The van der Waals surface area contributed by atoms with Crippen LogP contribution in [0.2, 0.25) is 5.02 Å². The van der Waals surface area contributed by atoms with Crippen LogP contribution in [0.5, 0.6) is 11.5 Å². The minimum Gasteiger partial charge on any atom is -0.495 e. The fourth-order valence-corrected chi connectivity index (χ4v) is 5.36. The van der Waals surface area contributed by atoms with Gasteiger partial charge in [-0.05, 0) is 30.5 Å². The van der Waals surface area contributed by atoms with Crippen molar-refractivity contribution < 1.29 is 22.7 Å². The van der Waals surface area contributed by atoms with Gasteiger partial charge in [0, 0.05) is 25.7 Å². The van der Waals surface area contributed by atoms with Crippen LogP contribution in [0, 0.1) is 5.92 Å². The monoisotopic (exact) mass is 451 g/mol. The van der Waals surface area contributed by atoms with E-state index in [1.165, 1.54) is 12.1 Å². The average Bonchev–Trinajstić information content (AvgIpc) is 3.20. The van der Waals surface area contributed by atoms with E-state index in [1.807, 2.05) is 24.3 Å². The molecule has 2 heterocycles. The van der Waals surface area contributed by atoms with Crippen LogP contribution in [0.25, 0.3) is 0 Å². The Balaban J connectivity index is 1.43. The molecule has 1 atom stereocenters. The lowest BCUT2D eigenvalue weighted by molar-refractivity contribution is -0.118. The molecule has 1 unspecified atom stereocenters. The first-order chi connectivity index (χ1) is 14.4. The van der Waals surface area contributed by atoms with E-state index in [-0.39, 0.29) is 34.1 Å². The third-order valence-corrected chi connectivity index (χ3v) is 7.12. The molecular formula is C20H22ClN3O5S. The Morgan fingerprint density at radius 3 is 2.93 bits per heavy atom. The molecule has 0 bridgehead atoms. The number of benzene rings is 2. The summed E-state index contributed by atoms with van der Waals surface area (Å²) in [7, 11) is -2.20. The van der Waals surface area contributed by atoms with Gasteiger partial charge in [0.25, 0.3) is 5.91 Å². The number of rotatable bonds is 6. The fourth-order valence-electron chi connectivity index (χ4n) is 3.70. The topological polar surface area (TPSA) is 97.0 Å². The van der Waals surface area contributed by atoms with Crippen LogP contribution in [0.4, 0.5) is 11.4 Å². The van der Waals surface area contributed by atoms with Gasteiger partial charge in [-0.2, -0.15) is 0 Å². The number of fused-ring (bicyclic) bond motifs is 1. The zero-order valence-corrected chi connectivity index (χ0v) is 17.9. The number of hydrogen-bond acceptors (Lipinski definition) is 6. The lowest BCUT2D eigenvalue weighted by atomic mass is 10.1. The maximum atomic E-state index is 12.8. The quantitative estimate of drug-likeness (QED) is 0.700. The van der Waals surface area contributed by atoms with Crippen LogP contribution < -0.4 is 24.4 Å². The van der Waals surface area contributed by atoms with Crippen molar-refractivity contribution in [1.82, 2.24) is 4.72 Å². The summed E-state index contributed by atoms with van der Waals surface area (Å²) < 4.78 is 39.1. The zero-order valence-electron chi connectivity index (χ0n) is 16.4. The third kappa shape index (κ3) is 4.19. The predicted molar refractivity (Wildman–Crippen MR) is 114 cm³/mol. The molecule has 10 heteroatoms. The summed E-state index contributed by atoms with van der Waals surface area (Å²) in [5.74, 6) is 0.916. The Morgan fingerprint density at radius 1 is 1.33 bits per heavy atom. The highest BCUT2D eigenvalue weighted by atomic mass is 35.5. The number of sulfonamides is 1. The summed E-state index contributed by atoms with van der Waals surface area (Å²) in [5.41, 5.74) is 1.36. The Bertz CT molecular complexity index is 1080. The van der Waals surface area contributed by atoms with Crippen molar-refractivity contribution in [3.63, 3.8) is 0 Å². The summed E-state index contributed by atoms with van der Waals surface area (Å²) >= 11 is 6.18. The largest absolute Gasteiger partial charge is 0.495 e. The van der Waals surface area contributed by atoms with Gasteiger partial charge in [0.1, 0.15) is 16.4 Å². The molecule has 1 saturated heterocycles. The number of carbonyl (C=O) groups excluding carboxylic acids is 1. The highest BCUT2D eigenvalue weighted by Gasteiger charge is 2.28. The minimum atomic E-state index is -3.84. The van der Waals surface area contributed by atoms with Gasteiger partial charge in [-0.25, -0.2) is 13.1 Å². The van der Waals surface area contributed by atoms with Crippen molar-refractivity contribution in [1.29, 1.82) is 0 Å². The van der Waals surface area contributed by atoms with E-state index < -0.39 is 10.0 Å². The predicted octanol–water partition coefficient (Wildman–Crippen LogP) is 2.48. The van der Waals surface area contributed by atoms with E-state index in [2.05, 4.69) is 14.9 Å². The Hall–Kier alpha value is -2.49. The fraction of sp³-hybridized carbons (Fsp3) is 0.350. The number of halogens is 1. The summed E-state index contributed by atoms with van der Waals surface area (Å²) in [6.07, 6.45) is 0.855. The maximum absolute atomic E-state index is 12.8. The normalized spacial score (nSPS) is 18.5. The van der Waals surface area contributed by atoms with Crippen LogP contribution in [-0.2, 0) is 14.8 Å². The molecule has 2 aliphatic heterocycles. The van der Waals surface area contributed by atoms with E-state index in [4.69, 9.17) is 21.1 Å². The molecule has 2 aromatic rings. The first kappa shape index (κ1) is 20.8. The zero-order chi connectivity index (χ0) is 21.3. The van der Waals surface area contributed by atoms with Crippen molar-refractivity contribution in [2.24, 2.45) is 5.92 Å². The number of anilines is 2. The van der Waals surface area contributed by atoms with E-state index >= 15 is 0 Å². The molecule has 0 spiro atoms. The second-order valence-electron chi connectivity index (χ2n) is 7.24. The lowest BCUT2D eigenvalue weighted by Crippen LogP contribution is -2.31. The Morgan fingerprint density at radius 2 is 2.13 bits per heavy atom. The van der Waals surface area contributed by atoms with Crippen molar-refractivity contribution in [3.8, 4) is 11.5 Å². The van der Waals surface area contributed by atoms with E-state index in [9.17, 15) is 13.2 Å². The van der Waals surface area contributed by atoms with Gasteiger partial charge < -0.3 is 19.7 Å². The molecule has 0 saturated carbocycles. The number of nitrogens with zero attached hydrogens (tertiary/aromatic N) is 1. The lowest BCUT2D eigenvalue weighted by Gasteiger charge is -2.21. The summed E-state index contributed by atoms with van der Waals surface area (Å²) in [6, 6.07) is 10.5. The molecule has 1 amide bonds. The van der Waals surface area contributed by atoms with Gasteiger partial charge in [-0.15, -0.1) is 0 Å². The van der Waals surface area contributed by atoms with Crippen LogP contribution in [0.15, 0.2) is 41.3 Å². The number of amides is 1. The first-order valence-corrected chi connectivity index (χ1v) is 11.4. The van der Waals surface area contributed by atoms with E-state index in [0.29, 0.717) is 12.2 Å². The van der Waals surface area contributed by atoms with Gasteiger partial charge >= 0.3 is 0 Å². The van der Waals surface area contributed by atoms with Crippen molar-refractivity contribution >= 4 is 38.9 Å². The van der Waals surface area contributed by atoms with Crippen LogP contribution in [-0.4, -0.2) is 47.7 Å². The average molecular weight is 452 g/mol. The Kier molecular flexibility index (Phi) is 5.77. The summed E-state index contributed by atoms with van der Waals surface area (Å²) in [6.45, 7) is 1.66. The molecule has 2 aliphatic rings.